The van der Waals surface area contributed by atoms with Gasteiger partial charge in [-0.25, -0.2) is 0 Å². The normalized spacial score (nSPS) is 11.3. The van der Waals surface area contributed by atoms with Crippen LogP contribution in [0.4, 0.5) is 0 Å². The molecule has 0 N–H and O–H groups in total. The van der Waals surface area contributed by atoms with Crippen LogP contribution in [0.3, 0.4) is 0 Å². The molecule has 6 rings (SSSR count). The third-order valence-electron chi connectivity index (χ3n) is 5.95. The van der Waals surface area contributed by atoms with Gasteiger partial charge in [0.2, 0.25) is 0 Å². The Hall–Kier alpha value is -3.81. The van der Waals surface area contributed by atoms with E-state index < -0.39 is 0 Å². The quantitative estimate of drug-likeness (QED) is 0.272. The summed E-state index contributed by atoms with van der Waals surface area (Å²) in [5.74, 6) is 0. The highest BCUT2D eigenvalue weighted by Gasteiger charge is 2.17. The van der Waals surface area contributed by atoms with Crippen LogP contribution in [-0.2, 0) is 0 Å². The summed E-state index contributed by atoms with van der Waals surface area (Å²) < 4.78 is 6.61. The van der Waals surface area contributed by atoms with E-state index in [-0.39, 0.29) is 0 Å². The molecule has 0 amide bonds. The van der Waals surface area contributed by atoms with Crippen LogP contribution in [0.2, 0.25) is 5.02 Å². The minimum atomic E-state index is 0.736. The van der Waals surface area contributed by atoms with Crippen molar-refractivity contribution in [2.75, 3.05) is 0 Å². The molecule has 0 saturated heterocycles. The lowest BCUT2D eigenvalue weighted by molar-refractivity contribution is 0.671. The fraction of sp³-hybridized carbons (Fsp3) is 0. The molecule has 32 heavy (non-hydrogen) atoms. The molecule has 0 fully saturated rings. The minimum absolute atomic E-state index is 0.736. The van der Waals surface area contributed by atoms with Crippen LogP contribution < -0.4 is 0 Å². The van der Waals surface area contributed by atoms with Crippen molar-refractivity contribution >= 4 is 33.5 Å². The smallest absolute Gasteiger partial charge is 0.143 e. The molecule has 5 aromatic carbocycles. The molecule has 1 heterocycles. The number of hydrogen-bond acceptors (Lipinski definition) is 1. The lowest BCUT2D eigenvalue weighted by Crippen LogP contribution is -1.83. The number of benzene rings is 5. The van der Waals surface area contributed by atoms with Gasteiger partial charge in [-0.15, -0.1) is 0 Å². The van der Waals surface area contributed by atoms with E-state index in [1.807, 2.05) is 24.3 Å². The van der Waals surface area contributed by atoms with E-state index in [0.29, 0.717) is 0 Å². The summed E-state index contributed by atoms with van der Waals surface area (Å²) in [6, 6.07) is 39.7. The second kappa shape index (κ2) is 7.71. The van der Waals surface area contributed by atoms with Crippen LogP contribution in [0.5, 0.6) is 0 Å². The largest absolute Gasteiger partial charge is 0.455 e. The summed E-state index contributed by atoms with van der Waals surface area (Å²) >= 11 is 6.14. The monoisotopic (exact) mass is 430 g/mol. The fourth-order valence-electron chi connectivity index (χ4n) is 4.39. The van der Waals surface area contributed by atoms with Gasteiger partial charge < -0.3 is 4.42 Å². The van der Waals surface area contributed by atoms with Crippen LogP contribution >= 0.6 is 11.6 Å². The SMILES string of the molecule is Clc1ccc(-c2cc(-c3ccccc3)c3oc4c(-c5ccccc5)cccc4c3c2)cc1. The Morgan fingerprint density at radius 1 is 0.438 bits per heavy atom. The maximum Gasteiger partial charge on any atom is 0.143 e. The molecule has 0 unspecified atom stereocenters. The lowest BCUT2D eigenvalue weighted by atomic mass is 9.95. The molecule has 0 aliphatic heterocycles. The number of para-hydroxylation sites is 1. The summed E-state index contributed by atoms with van der Waals surface area (Å²) in [6.07, 6.45) is 0. The van der Waals surface area contributed by atoms with Gasteiger partial charge in [-0.05, 0) is 46.5 Å². The molecule has 1 aromatic heterocycles. The Balaban J connectivity index is 1.69. The molecule has 2 heteroatoms. The van der Waals surface area contributed by atoms with E-state index in [4.69, 9.17) is 16.0 Å². The highest BCUT2D eigenvalue weighted by atomic mass is 35.5. The Bertz CT molecular complexity index is 1550. The van der Waals surface area contributed by atoms with Gasteiger partial charge in [0.25, 0.3) is 0 Å². The Kier molecular flexibility index (Phi) is 4.56. The molecule has 0 aliphatic carbocycles. The Morgan fingerprint density at radius 2 is 1.06 bits per heavy atom. The van der Waals surface area contributed by atoms with E-state index in [1.54, 1.807) is 0 Å². The number of furan rings is 1. The summed E-state index contributed by atoms with van der Waals surface area (Å²) in [7, 11) is 0. The van der Waals surface area contributed by atoms with Crippen molar-refractivity contribution < 1.29 is 4.42 Å². The molecule has 0 radical (unpaired) electrons. The first-order valence-electron chi connectivity index (χ1n) is 10.6. The topological polar surface area (TPSA) is 13.1 Å². The highest BCUT2D eigenvalue weighted by molar-refractivity contribution is 6.30. The van der Waals surface area contributed by atoms with Gasteiger partial charge in [0, 0.05) is 26.9 Å². The molecule has 0 bridgehead atoms. The zero-order valence-corrected chi connectivity index (χ0v) is 18.0. The Labute approximate surface area is 191 Å². The number of halogens is 1. The van der Waals surface area contributed by atoms with E-state index in [9.17, 15) is 0 Å². The second-order valence-electron chi connectivity index (χ2n) is 7.92. The predicted octanol–water partition coefficient (Wildman–Crippen LogP) is 9.24. The van der Waals surface area contributed by atoms with Crippen molar-refractivity contribution in [2.24, 2.45) is 0 Å². The van der Waals surface area contributed by atoms with Gasteiger partial charge in [0.15, 0.2) is 0 Å². The maximum absolute atomic E-state index is 6.61. The van der Waals surface area contributed by atoms with Gasteiger partial charge in [-0.2, -0.15) is 0 Å². The van der Waals surface area contributed by atoms with E-state index in [2.05, 4.69) is 91.0 Å². The van der Waals surface area contributed by atoms with Crippen molar-refractivity contribution in [2.45, 2.75) is 0 Å². The van der Waals surface area contributed by atoms with Gasteiger partial charge in [0.05, 0.1) is 0 Å². The third kappa shape index (κ3) is 3.19. The van der Waals surface area contributed by atoms with E-state index in [0.717, 1.165) is 60.3 Å². The zero-order chi connectivity index (χ0) is 21.5. The number of hydrogen-bond donors (Lipinski definition) is 0. The molecule has 0 aliphatic rings. The van der Waals surface area contributed by atoms with Gasteiger partial charge in [0.1, 0.15) is 11.2 Å². The first-order chi connectivity index (χ1) is 15.8. The molecular formula is C30H19ClO. The van der Waals surface area contributed by atoms with Gasteiger partial charge in [-0.3, -0.25) is 0 Å². The van der Waals surface area contributed by atoms with Gasteiger partial charge >= 0.3 is 0 Å². The van der Waals surface area contributed by atoms with Crippen LogP contribution in [0.15, 0.2) is 120 Å². The number of rotatable bonds is 3. The van der Waals surface area contributed by atoms with Crippen molar-refractivity contribution in [3.8, 4) is 33.4 Å². The highest BCUT2D eigenvalue weighted by Crippen LogP contribution is 2.42. The van der Waals surface area contributed by atoms with E-state index in [1.165, 1.54) is 0 Å². The second-order valence-corrected chi connectivity index (χ2v) is 8.36. The lowest BCUT2D eigenvalue weighted by Gasteiger charge is -2.08. The summed E-state index contributed by atoms with van der Waals surface area (Å²) in [6.45, 7) is 0. The molecule has 6 aromatic rings. The van der Waals surface area contributed by atoms with Crippen LogP contribution in [0.25, 0.3) is 55.3 Å². The predicted molar refractivity (Wildman–Crippen MR) is 135 cm³/mol. The summed E-state index contributed by atoms with van der Waals surface area (Å²) in [5.41, 5.74) is 8.56. The molecule has 0 saturated carbocycles. The average molecular weight is 431 g/mol. The number of fused-ring (bicyclic) bond motifs is 3. The first kappa shape index (κ1) is 18.9. The zero-order valence-electron chi connectivity index (χ0n) is 17.3. The van der Waals surface area contributed by atoms with Crippen molar-refractivity contribution in [1.29, 1.82) is 0 Å². The fourth-order valence-corrected chi connectivity index (χ4v) is 4.51. The van der Waals surface area contributed by atoms with Crippen molar-refractivity contribution in [3.63, 3.8) is 0 Å². The maximum atomic E-state index is 6.61. The first-order valence-corrected chi connectivity index (χ1v) is 11.0. The molecule has 1 nitrogen and oxygen atoms in total. The van der Waals surface area contributed by atoms with E-state index >= 15 is 0 Å². The summed E-state index contributed by atoms with van der Waals surface area (Å²) in [4.78, 5) is 0. The molecular weight excluding hydrogens is 412 g/mol. The average Bonchev–Trinajstić information content (AvgIpc) is 3.24. The molecule has 0 spiro atoms. The third-order valence-corrected chi connectivity index (χ3v) is 6.20. The molecule has 0 atom stereocenters. The van der Waals surface area contributed by atoms with Crippen LogP contribution in [0, 0.1) is 0 Å². The van der Waals surface area contributed by atoms with Crippen LogP contribution in [-0.4, -0.2) is 0 Å². The molecule has 152 valence electrons. The van der Waals surface area contributed by atoms with Gasteiger partial charge in [-0.1, -0.05) is 103 Å². The summed E-state index contributed by atoms with van der Waals surface area (Å²) in [5, 5.41) is 2.97. The van der Waals surface area contributed by atoms with Crippen LogP contribution in [0.1, 0.15) is 0 Å². The van der Waals surface area contributed by atoms with Crippen molar-refractivity contribution in [1.82, 2.24) is 0 Å². The minimum Gasteiger partial charge on any atom is -0.455 e. The standard InChI is InChI=1S/C30H19ClO/c31-24-16-14-20(15-17-24)23-18-27(22-10-5-2-6-11-22)30-28(19-23)26-13-7-12-25(29(26)32-30)21-8-3-1-4-9-21/h1-19H. The van der Waals surface area contributed by atoms with Crippen molar-refractivity contribution in [3.05, 3.63) is 120 Å². The Morgan fingerprint density at radius 3 is 1.75 bits per heavy atom.